The van der Waals surface area contributed by atoms with Crippen LogP contribution in [0.4, 0.5) is 11.4 Å². The van der Waals surface area contributed by atoms with E-state index in [2.05, 4.69) is 18.7 Å². The van der Waals surface area contributed by atoms with Crippen LogP contribution in [0.15, 0.2) is 18.2 Å². The number of primary amides is 1. The molecule has 1 aromatic carbocycles. The fourth-order valence-electron chi connectivity index (χ4n) is 2.11. The van der Waals surface area contributed by atoms with Gasteiger partial charge in [-0.25, -0.2) is 0 Å². The number of para-hydroxylation sites is 1. The summed E-state index contributed by atoms with van der Waals surface area (Å²) in [5.74, 6) is -0.484. The van der Waals surface area contributed by atoms with E-state index in [1.807, 2.05) is 19.2 Å². The van der Waals surface area contributed by atoms with Crippen molar-refractivity contribution in [2.45, 2.75) is 32.7 Å². The van der Waals surface area contributed by atoms with Gasteiger partial charge < -0.3 is 16.4 Å². The molecule has 0 radical (unpaired) electrons. The molecule has 1 rings (SSSR count). The highest BCUT2D eigenvalue weighted by Crippen LogP contribution is 2.28. The second-order valence-electron chi connectivity index (χ2n) is 4.18. The normalized spacial score (nSPS) is 10.6. The van der Waals surface area contributed by atoms with Crippen LogP contribution in [0, 0.1) is 0 Å². The van der Waals surface area contributed by atoms with Crippen LogP contribution in [0.3, 0.4) is 0 Å². The van der Waals surface area contributed by atoms with Crippen LogP contribution >= 0.6 is 0 Å². The minimum atomic E-state index is -0.484. The van der Waals surface area contributed by atoms with Crippen molar-refractivity contribution in [2.24, 2.45) is 5.73 Å². The molecule has 0 saturated carbocycles. The van der Waals surface area contributed by atoms with Crippen molar-refractivity contribution in [1.82, 2.24) is 0 Å². The minimum Gasteiger partial charge on any atom is -0.396 e. The zero-order chi connectivity index (χ0) is 13.0. The number of carbonyl (C=O) groups excluding carboxylic acids is 1. The van der Waals surface area contributed by atoms with Crippen LogP contribution in [0.25, 0.3) is 0 Å². The van der Waals surface area contributed by atoms with Gasteiger partial charge >= 0.3 is 0 Å². The Bertz CT molecular complexity index is 400. The molecular weight excluding hydrogens is 214 g/mol. The Morgan fingerprint density at radius 2 is 1.94 bits per heavy atom. The summed E-state index contributed by atoms with van der Waals surface area (Å²) in [6, 6.07) is 5.80. The Kier molecular flexibility index (Phi) is 4.37. The van der Waals surface area contributed by atoms with Gasteiger partial charge in [0.2, 0.25) is 0 Å². The van der Waals surface area contributed by atoms with E-state index >= 15 is 0 Å². The number of hydrogen-bond acceptors (Lipinski definition) is 3. The largest absolute Gasteiger partial charge is 0.396 e. The van der Waals surface area contributed by atoms with Gasteiger partial charge in [0.05, 0.1) is 16.9 Å². The third kappa shape index (κ3) is 2.70. The first-order valence-electron chi connectivity index (χ1n) is 5.94. The van der Waals surface area contributed by atoms with Gasteiger partial charge in [0.1, 0.15) is 0 Å². The molecule has 1 amide bonds. The van der Waals surface area contributed by atoms with E-state index in [0.717, 1.165) is 18.5 Å². The number of nitrogen functional groups attached to an aromatic ring is 1. The molecule has 0 aliphatic heterocycles. The first kappa shape index (κ1) is 13.4. The predicted octanol–water partition coefficient (Wildman–Crippen LogP) is 1.99. The molecule has 0 unspecified atom stereocenters. The predicted molar refractivity (Wildman–Crippen MR) is 72.1 cm³/mol. The van der Waals surface area contributed by atoms with Crippen LogP contribution < -0.4 is 16.4 Å². The third-order valence-electron chi connectivity index (χ3n) is 3.22. The molecule has 0 fully saturated rings. The number of rotatable bonds is 5. The van der Waals surface area contributed by atoms with Crippen LogP contribution in [0.2, 0.25) is 0 Å². The van der Waals surface area contributed by atoms with Gasteiger partial charge in [0, 0.05) is 13.1 Å². The molecule has 0 heterocycles. The number of carbonyl (C=O) groups is 1. The van der Waals surface area contributed by atoms with E-state index in [4.69, 9.17) is 11.5 Å². The van der Waals surface area contributed by atoms with Crippen molar-refractivity contribution < 1.29 is 4.79 Å². The Morgan fingerprint density at radius 3 is 2.41 bits per heavy atom. The van der Waals surface area contributed by atoms with Gasteiger partial charge in [-0.3, -0.25) is 4.79 Å². The monoisotopic (exact) mass is 235 g/mol. The summed E-state index contributed by atoms with van der Waals surface area (Å²) in [6.45, 7) is 4.28. The van der Waals surface area contributed by atoms with Crippen LogP contribution in [0.1, 0.15) is 37.0 Å². The molecular formula is C13H21N3O. The quantitative estimate of drug-likeness (QED) is 0.767. The molecule has 17 heavy (non-hydrogen) atoms. The molecule has 1 aromatic rings. The van der Waals surface area contributed by atoms with Crippen molar-refractivity contribution in [2.75, 3.05) is 17.7 Å². The Morgan fingerprint density at radius 1 is 1.35 bits per heavy atom. The van der Waals surface area contributed by atoms with Gasteiger partial charge in [0.25, 0.3) is 5.91 Å². The Balaban J connectivity index is 3.14. The summed E-state index contributed by atoms with van der Waals surface area (Å²) >= 11 is 0. The summed E-state index contributed by atoms with van der Waals surface area (Å²) in [4.78, 5) is 13.3. The first-order valence-corrected chi connectivity index (χ1v) is 5.94. The average Bonchev–Trinajstić information content (AvgIpc) is 2.30. The topological polar surface area (TPSA) is 72.3 Å². The van der Waals surface area contributed by atoms with Crippen molar-refractivity contribution in [3.63, 3.8) is 0 Å². The number of benzene rings is 1. The van der Waals surface area contributed by atoms with Crippen LogP contribution in [-0.2, 0) is 0 Å². The summed E-state index contributed by atoms with van der Waals surface area (Å²) in [5, 5.41) is 0. The van der Waals surface area contributed by atoms with Crippen molar-refractivity contribution in [3.8, 4) is 0 Å². The number of nitrogens with zero attached hydrogens (tertiary/aromatic N) is 1. The standard InChI is InChI=1S/C13H21N3O/c1-4-9(5-2)16(3)11-8-6-7-10(12(11)14)13(15)17/h6-9H,4-5,14H2,1-3H3,(H2,15,17). The molecule has 0 atom stereocenters. The number of amides is 1. The lowest BCUT2D eigenvalue weighted by Gasteiger charge is -2.29. The summed E-state index contributed by atoms with van der Waals surface area (Å²) in [6.07, 6.45) is 2.07. The van der Waals surface area contributed by atoms with Crippen LogP contribution in [-0.4, -0.2) is 19.0 Å². The van der Waals surface area contributed by atoms with E-state index in [-0.39, 0.29) is 0 Å². The zero-order valence-corrected chi connectivity index (χ0v) is 10.7. The molecule has 4 N–H and O–H groups in total. The Hall–Kier alpha value is -1.71. The van der Waals surface area contributed by atoms with Crippen molar-refractivity contribution in [3.05, 3.63) is 23.8 Å². The maximum absolute atomic E-state index is 11.2. The summed E-state index contributed by atoms with van der Waals surface area (Å²) in [7, 11) is 1.99. The van der Waals surface area contributed by atoms with E-state index in [1.54, 1.807) is 6.07 Å². The summed E-state index contributed by atoms with van der Waals surface area (Å²) < 4.78 is 0. The molecule has 0 bridgehead atoms. The lowest BCUT2D eigenvalue weighted by Crippen LogP contribution is -2.31. The summed E-state index contributed by atoms with van der Waals surface area (Å²) in [5.41, 5.74) is 13.0. The molecule has 4 heteroatoms. The highest BCUT2D eigenvalue weighted by atomic mass is 16.1. The van der Waals surface area contributed by atoms with Gasteiger partial charge in [-0.05, 0) is 25.0 Å². The van der Waals surface area contributed by atoms with E-state index in [1.165, 1.54) is 0 Å². The van der Waals surface area contributed by atoms with Gasteiger partial charge in [-0.1, -0.05) is 19.9 Å². The lowest BCUT2D eigenvalue weighted by atomic mass is 10.1. The highest BCUT2D eigenvalue weighted by Gasteiger charge is 2.16. The van der Waals surface area contributed by atoms with E-state index < -0.39 is 5.91 Å². The second-order valence-corrected chi connectivity index (χ2v) is 4.18. The minimum absolute atomic E-state index is 0.389. The highest BCUT2D eigenvalue weighted by molar-refractivity contribution is 6.00. The van der Waals surface area contributed by atoms with Gasteiger partial charge in [-0.2, -0.15) is 0 Å². The Labute approximate surface area is 103 Å². The zero-order valence-electron chi connectivity index (χ0n) is 10.7. The van der Waals surface area contributed by atoms with Crippen LogP contribution in [0.5, 0.6) is 0 Å². The van der Waals surface area contributed by atoms with E-state index in [0.29, 0.717) is 17.3 Å². The smallest absolute Gasteiger partial charge is 0.250 e. The van der Waals surface area contributed by atoms with Gasteiger partial charge in [0.15, 0.2) is 0 Å². The SMILES string of the molecule is CCC(CC)N(C)c1cccc(C(N)=O)c1N. The van der Waals surface area contributed by atoms with Crippen molar-refractivity contribution >= 4 is 17.3 Å². The second kappa shape index (κ2) is 5.57. The maximum Gasteiger partial charge on any atom is 0.250 e. The first-order chi connectivity index (χ1) is 8.02. The molecule has 0 aliphatic carbocycles. The number of nitrogens with two attached hydrogens (primary N) is 2. The fourth-order valence-corrected chi connectivity index (χ4v) is 2.11. The maximum atomic E-state index is 11.2. The molecule has 0 spiro atoms. The molecule has 0 aromatic heterocycles. The molecule has 0 saturated heterocycles. The third-order valence-corrected chi connectivity index (χ3v) is 3.22. The lowest BCUT2D eigenvalue weighted by molar-refractivity contribution is 0.100. The van der Waals surface area contributed by atoms with Crippen molar-refractivity contribution in [1.29, 1.82) is 0 Å². The number of anilines is 2. The van der Waals surface area contributed by atoms with Gasteiger partial charge in [-0.15, -0.1) is 0 Å². The van der Waals surface area contributed by atoms with E-state index in [9.17, 15) is 4.79 Å². The molecule has 94 valence electrons. The fraction of sp³-hybridized carbons (Fsp3) is 0.462. The number of hydrogen-bond donors (Lipinski definition) is 2. The average molecular weight is 235 g/mol. The molecule has 4 nitrogen and oxygen atoms in total. The molecule has 0 aliphatic rings.